The molecule has 3 nitrogen and oxygen atoms in total. The van der Waals surface area contributed by atoms with E-state index < -0.39 is 9.84 Å². The molecular weight excluding hydrogens is 306 g/mol. The van der Waals surface area contributed by atoms with Gasteiger partial charge in [0.2, 0.25) is 0 Å². The average molecular weight is 324 g/mol. The second-order valence-electron chi connectivity index (χ2n) is 4.54. The molecule has 0 heterocycles. The highest BCUT2D eigenvalue weighted by atomic mass is 35.5. The highest BCUT2D eigenvalue weighted by Gasteiger charge is 2.10. The lowest BCUT2D eigenvalue weighted by atomic mass is 10.1. The van der Waals surface area contributed by atoms with Crippen LogP contribution in [-0.2, 0) is 16.3 Å². The van der Waals surface area contributed by atoms with Crippen LogP contribution < -0.4 is 5.73 Å². The Hall–Kier alpha value is -1.62. The first kappa shape index (κ1) is 17.4. The summed E-state index contributed by atoms with van der Waals surface area (Å²) in [5.41, 5.74) is 7.02. The highest BCUT2D eigenvalue weighted by Crippen LogP contribution is 2.12. The van der Waals surface area contributed by atoms with E-state index >= 15 is 0 Å². The van der Waals surface area contributed by atoms with Crippen LogP contribution in [0.2, 0.25) is 0 Å². The van der Waals surface area contributed by atoms with Crippen LogP contribution in [0.4, 0.5) is 0 Å². The molecule has 1 atom stereocenters. The zero-order valence-electron chi connectivity index (χ0n) is 11.4. The monoisotopic (exact) mass is 323 g/mol. The maximum absolute atomic E-state index is 12.0. The molecule has 0 saturated heterocycles. The highest BCUT2D eigenvalue weighted by molar-refractivity contribution is 7.94. The van der Waals surface area contributed by atoms with Crippen molar-refractivity contribution in [3.8, 4) is 0 Å². The van der Waals surface area contributed by atoms with E-state index in [9.17, 15) is 8.42 Å². The summed E-state index contributed by atoms with van der Waals surface area (Å²) in [6.07, 6.45) is 2.15. The number of rotatable bonds is 5. The van der Waals surface area contributed by atoms with Crippen molar-refractivity contribution in [3.05, 3.63) is 77.7 Å². The van der Waals surface area contributed by atoms with Crippen LogP contribution in [0.5, 0.6) is 0 Å². The molecule has 1 unspecified atom stereocenters. The lowest BCUT2D eigenvalue weighted by Gasteiger charge is -2.06. The van der Waals surface area contributed by atoms with Gasteiger partial charge in [0.1, 0.15) is 0 Å². The van der Waals surface area contributed by atoms with Gasteiger partial charge in [-0.25, -0.2) is 8.42 Å². The van der Waals surface area contributed by atoms with Gasteiger partial charge in [0.05, 0.1) is 4.90 Å². The summed E-state index contributed by atoms with van der Waals surface area (Å²) in [6.45, 7) is 0. The molecule has 2 N–H and O–H groups in total. The number of nitrogens with two attached hydrogens (primary N) is 1. The van der Waals surface area contributed by atoms with E-state index in [1.165, 1.54) is 11.5 Å². The molecule has 0 aliphatic rings. The normalized spacial score (nSPS) is 12.8. The van der Waals surface area contributed by atoms with Gasteiger partial charge in [0.25, 0.3) is 0 Å². The predicted octanol–water partition coefficient (Wildman–Crippen LogP) is 2.97. The van der Waals surface area contributed by atoms with Crippen molar-refractivity contribution in [3.63, 3.8) is 0 Å². The molecule has 2 aromatic rings. The summed E-state index contributed by atoms with van der Waals surface area (Å²) in [7, 11) is -3.41. The molecule has 0 amide bonds. The summed E-state index contributed by atoms with van der Waals surface area (Å²) in [6, 6.07) is 17.8. The molecule has 5 heteroatoms. The lowest BCUT2D eigenvalue weighted by molar-refractivity contribution is 0.604. The van der Waals surface area contributed by atoms with Gasteiger partial charge in [0, 0.05) is 11.4 Å². The van der Waals surface area contributed by atoms with Crippen molar-refractivity contribution < 1.29 is 8.42 Å². The van der Waals surface area contributed by atoms with Crippen LogP contribution in [0.3, 0.4) is 0 Å². The molecule has 2 rings (SSSR count). The quantitative estimate of drug-likeness (QED) is 0.920. The van der Waals surface area contributed by atoms with Crippen molar-refractivity contribution >= 4 is 22.2 Å². The Morgan fingerprint density at radius 3 is 2.05 bits per heavy atom. The van der Waals surface area contributed by atoms with Crippen molar-refractivity contribution in [2.75, 3.05) is 0 Å². The molecule has 112 valence electrons. The van der Waals surface area contributed by atoms with Gasteiger partial charge in [-0.05, 0) is 24.1 Å². The van der Waals surface area contributed by atoms with Crippen molar-refractivity contribution in [2.45, 2.75) is 17.4 Å². The molecule has 0 radical (unpaired) electrons. The molecule has 0 bridgehead atoms. The molecule has 0 aliphatic carbocycles. The third-order valence-corrected chi connectivity index (χ3v) is 4.34. The Bertz CT molecular complexity index is 670. The molecule has 0 saturated carbocycles. The number of benzene rings is 2. The second-order valence-corrected chi connectivity index (χ2v) is 6.37. The summed E-state index contributed by atoms with van der Waals surface area (Å²) < 4.78 is 24.1. The van der Waals surface area contributed by atoms with Crippen LogP contribution in [0, 0.1) is 0 Å². The van der Waals surface area contributed by atoms with Crippen LogP contribution in [0.25, 0.3) is 0 Å². The van der Waals surface area contributed by atoms with Gasteiger partial charge >= 0.3 is 0 Å². The first-order valence-corrected chi connectivity index (χ1v) is 7.90. The van der Waals surface area contributed by atoms with Gasteiger partial charge in [-0.15, -0.1) is 12.4 Å². The van der Waals surface area contributed by atoms with E-state index in [1.54, 1.807) is 30.3 Å². The largest absolute Gasteiger partial charge is 0.324 e. The van der Waals surface area contributed by atoms with Crippen LogP contribution >= 0.6 is 12.4 Å². The minimum absolute atomic E-state index is 0. The first-order chi connectivity index (χ1) is 9.58. The second kappa shape index (κ2) is 7.98. The minimum atomic E-state index is -3.41. The van der Waals surface area contributed by atoms with Crippen LogP contribution in [0.15, 0.2) is 77.0 Å². The Morgan fingerprint density at radius 2 is 1.48 bits per heavy atom. The predicted molar refractivity (Wildman–Crippen MR) is 88.1 cm³/mol. The fourth-order valence-electron chi connectivity index (χ4n) is 1.85. The fourth-order valence-corrected chi connectivity index (χ4v) is 2.95. The van der Waals surface area contributed by atoms with Gasteiger partial charge < -0.3 is 5.73 Å². The van der Waals surface area contributed by atoms with E-state index in [-0.39, 0.29) is 23.3 Å². The van der Waals surface area contributed by atoms with Gasteiger partial charge in [-0.3, -0.25) is 0 Å². The van der Waals surface area contributed by atoms with E-state index in [0.717, 1.165) is 5.56 Å². The molecular formula is C16H18ClNO2S. The van der Waals surface area contributed by atoms with Crippen molar-refractivity contribution in [2.24, 2.45) is 5.73 Å². The Balaban J connectivity index is 0.00000220. The van der Waals surface area contributed by atoms with E-state index in [1.807, 2.05) is 30.3 Å². The van der Waals surface area contributed by atoms with Gasteiger partial charge in [-0.2, -0.15) is 0 Å². The minimum Gasteiger partial charge on any atom is -0.324 e. The SMILES string of the molecule is Cl.NC(C=CS(=O)(=O)c1ccccc1)Cc1ccccc1. The molecule has 0 aliphatic heterocycles. The summed E-state index contributed by atoms with van der Waals surface area (Å²) in [5, 5.41) is 1.19. The lowest BCUT2D eigenvalue weighted by Crippen LogP contribution is -2.20. The average Bonchev–Trinajstić information content (AvgIpc) is 2.47. The Kier molecular flexibility index (Phi) is 6.62. The maximum atomic E-state index is 12.0. The molecule has 2 aromatic carbocycles. The van der Waals surface area contributed by atoms with E-state index in [4.69, 9.17) is 5.73 Å². The maximum Gasteiger partial charge on any atom is 0.199 e. The summed E-state index contributed by atoms with van der Waals surface area (Å²) >= 11 is 0. The number of sulfone groups is 1. The first-order valence-electron chi connectivity index (χ1n) is 6.36. The summed E-state index contributed by atoms with van der Waals surface area (Å²) in [5.74, 6) is 0. The topological polar surface area (TPSA) is 60.2 Å². The van der Waals surface area contributed by atoms with Crippen LogP contribution in [-0.4, -0.2) is 14.5 Å². The van der Waals surface area contributed by atoms with E-state index in [0.29, 0.717) is 6.42 Å². The van der Waals surface area contributed by atoms with Gasteiger partial charge in [0.15, 0.2) is 9.84 Å². The molecule has 21 heavy (non-hydrogen) atoms. The zero-order valence-corrected chi connectivity index (χ0v) is 13.1. The fraction of sp³-hybridized carbons (Fsp3) is 0.125. The number of hydrogen-bond donors (Lipinski definition) is 1. The third kappa shape index (κ3) is 5.34. The third-order valence-electron chi connectivity index (χ3n) is 2.89. The molecule has 0 spiro atoms. The number of halogens is 1. The summed E-state index contributed by atoms with van der Waals surface area (Å²) in [4.78, 5) is 0.281. The van der Waals surface area contributed by atoms with Crippen molar-refractivity contribution in [1.82, 2.24) is 0 Å². The van der Waals surface area contributed by atoms with Crippen LogP contribution in [0.1, 0.15) is 5.56 Å². The van der Waals surface area contributed by atoms with Gasteiger partial charge in [-0.1, -0.05) is 54.6 Å². The zero-order chi connectivity index (χ0) is 14.4. The number of hydrogen-bond acceptors (Lipinski definition) is 3. The van der Waals surface area contributed by atoms with Crippen molar-refractivity contribution in [1.29, 1.82) is 0 Å². The molecule has 0 fully saturated rings. The Labute approximate surface area is 131 Å². The smallest absolute Gasteiger partial charge is 0.199 e. The standard InChI is InChI=1S/C16H17NO2S.ClH/c17-15(13-14-7-3-1-4-8-14)11-12-20(18,19)16-9-5-2-6-10-16;/h1-12,15H,13,17H2;1H. The Morgan fingerprint density at radius 1 is 0.952 bits per heavy atom. The van der Waals surface area contributed by atoms with E-state index in [2.05, 4.69) is 0 Å². The molecule has 0 aromatic heterocycles.